The number of carbonyl (C=O) groups excluding carboxylic acids is 1. The lowest BCUT2D eigenvalue weighted by Crippen LogP contribution is -2.27. The molecule has 0 aliphatic heterocycles. The highest BCUT2D eigenvalue weighted by atomic mass is 31.2. The minimum atomic E-state index is -2.49. The lowest BCUT2D eigenvalue weighted by atomic mass is 9.99. The van der Waals surface area contributed by atoms with Crippen molar-refractivity contribution in [2.45, 2.75) is 19.5 Å². The molecule has 0 saturated carbocycles. The molecule has 2 aromatic heterocycles. The lowest BCUT2D eigenvalue weighted by Gasteiger charge is -2.17. The van der Waals surface area contributed by atoms with Gasteiger partial charge >= 0.3 is 5.97 Å². The van der Waals surface area contributed by atoms with Gasteiger partial charge in [-0.2, -0.15) is 0 Å². The van der Waals surface area contributed by atoms with Crippen LogP contribution in [-0.2, 0) is 11.1 Å². The summed E-state index contributed by atoms with van der Waals surface area (Å²) in [7, 11) is -2.49. The number of fused-ring (bicyclic) bond motifs is 2. The molecule has 2 N–H and O–H groups in total. The van der Waals surface area contributed by atoms with Crippen molar-refractivity contribution in [2.24, 2.45) is 0 Å². The van der Waals surface area contributed by atoms with Crippen LogP contribution >= 0.6 is 7.14 Å². The van der Waals surface area contributed by atoms with Gasteiger partial charge in [0.1, 0.15) is 7.14 Å². The van der Waals surface area contributed by atoms with Crippen molar-refractivity contribution in [3.63, 3.8) is 0 Å². The average molecular weight is 602 g/mol. The van der Waals surface area contributed by atoms with Crippen molar-refractivity contribution in [2.75, 3.05) is 13.3 Å². The number of hydrogen-bond acceptors (Lipinski definition) is 4. The summed E-state index contributed by atoms with van der Waals surface area (Å²) >= 11 is 0. The molecule has 1 atom stereocenters. The maximum absolute atomic E-state index is 14.0. The number of aromatic nitrogens is 2. The largest absolute Gasteiger partial charge is 0.478 e. The Kier molecular flexibility index (Phi) is 7.66. The van der Waals surface area contributed by atoms with E-state index < -0.39 is 13.1 Å². The molecule has 6 rings (SSSR count). The molecule has 8 heteroatoms. The fraction of sp³-hybridized carbons (Fsp3) is 0.139. The topological polar surface area (TPSA) is 101 Å². The maximum Gasteiger partial charge on any atom is 0.335 e. The summed E-state index contributed by atoms with van der Waals surface area (Å²) in [5.74, 6) is -1.26. The standard InChI is InChI=1S/C36H32N3O4P/c1-23(24-11-13-26(14-12-24)36(41)42)37-35(40)32-21-29(27-8-6-9-31(20-27)44(2,3)43)19-28-17-18-39(34(28)32)22-30-16-15-25-7-4-5-10-33(25)38-30/h4-21,23H,22H2,1-3H3,(H,37,40)(H,41,42)/t23-/m0/s1. The fourth-order valence-corrected chi connectivity index (χ4v) is 6.38. The summed E-state index contributed by atoms with van der Waals surface area (Å²) in [5.41, 5.74) is 5.77. The van der Waals surface area contributed by atoms with E-state index in [1.54, 1.807) is 25.5 Å². The van der Waals surface area contributed by atoms with Crippen LogP contribution in [0.1, 0.15) is 44.9 Å². The van der Waals surface area contributed by atoms with Crippen molar-refractivity contribution >= 4 is 46.1 Å². The number of benzene rings is 4. The van der Waals surface area contributed by atoms with Crippen molar-refractivity contribution in [3.8, 4) is 11.1 Å². The highest BCUT2D eigenvalue weighted by Crippen LogP contribution is 2.37. The van der Waals surface area contributed by atoms with Crippen LogP contribution in [-0.4, -0.2) is 39.9 Å². The monoisotopic (exact) mass is 601 g/mol. The molecule has 0 saturated heterocycles. The molecular weight excluding hydrogens is 569 g/mol. The number of carbonyl (C=O) groups is 2. The van der Waals surface area contributed by atoms with E-state index in [0.717, 1.165) is 49.5 Å². The maximum atomic E-state index is 14.0. The van der Waals surface area contributed by atoms with E-state index >= 15 is 0 Å². The van der Waals surface area contributed by atoms with E-state index in [9.17, 15) is 19.3 Å². The van der Waals surface area contributed by atoms with Gasteiger partial charge in [0.05, 0.1) is 40.4 Å². The van der Waals surface area contributed by atoms with Crippen LogP contribution in [0, 0.1) is 0 Å². The lowest BCUT2D eigenvalue weighted by molar-refractivity contribution is 0.0696. The number of nitrogens with zero attached hydrogens (tertiary/aromatic N) is 2. The molecule has 2 heterocycles. The van der Waals surface area contributed by atoms with Crippen molar-refractivity contribution < 1.29 is 19.3 Å². The van der Waals surface area contributed by atoms with E-state index in [2.05, 4.69) is 17.4 Å². The number of carboxylic acid groups (broad SMARTS) is 1. The molecule has 1 amide bonds. The van der Waals surface area contributed by atoms with Gasteiger partial charge < -0.3 is 19.6 Å². The molecular formula is C36H32N3O4P. The van der Waals surface area contributed by atoms with Gasteiger partial charge in [0.2, 0.25) is 0 Å². The molecule has 6 aromatic rings. The summed E-state index contributed by atoms with van der Waals surface area (Å²) in [5, 5.41) is 15.1. The Morgan fingerprint density at radius 2 is 1.64 bits per heavy atom. The Morgan fingerprint density at radius 3 is 2.39 bits per heavy atom. The Hall–Kier alpha value is -5.00. The summed E-state index contributed by atoms with van der Waals surface area (Å²) < 4.78 is 14.9. The van der Waals surface area contributed by atoms with Gasteiger partial charge in [-0.1, -0.05) is 54.6 Å². The van der Waals surface area contributed by atoms with Crippen LogP contribution in [0.3, 0.4) is 0 Å². The first kappa shape index (κ1) is 29.1. The molecule has 0 aliphatic rings. The zero-order valence-corrected chi connectivity index (χ0v) is 25.6. The number of amides is 1. The van der Waals surface area contributed by atoms with Gasteiger partial charge in [-0.05, 0) is 85.5 Å². The molecule has 0 aliphatic carbocycles. The SMILES string of the molecule is C[C@H](NC(=O)c1cc(-c2cccc(P(C)(C)=O)c2)cc2ccn(Cc3ccc4ccccc4n3)c12)c1ccc(C(=O)O)cc1. The second kappa shape index (κ2) is 11.6. The average Bonchev–Trinajstić information content (AvgIpc) is 3.42. The van der Waals surface area contributed by atoms with Crippen molar-refractivity contribution in [3.05, 3.63) is 132 Å². The van der Waals surface area contributed by atoms with Crippen LogP contribution in [0.5, 0.6) is 0 Å². The van der Waals surface area contributed by atoms with E-state index in [1.165, 1.54) is 12.1 Å². The number of para-hydroxylation sites is 1. The van der Waals surface area contributed by atoms with Gasteiger partial charge in [0.25, 0.3) is 5.91 Å². The predicted molar refractivity (Wildman–Crippen MR) is 177 cm³/mol. The van der Waals surface area contributed by atoms with Gasteiger partial charge in [-0.3, -0.25) is 9.78 Å². The van der Waals surface area contributed by atoms with Crippen LogP contribution in [0.15, 0.2) is 109 Å². The van der Waals surface area contributed by atoms with Gasteiger partial charge in [-0.25, -0.2) is 4.79 Å². The number of nitrogens with one attached hydrogen (secondary N) is 1. The third kappa shape index (κ3) is 5.92. The molecule has 4 aromatic carbocycles. The summed E-state index contributed by atoms with van der Waals surface area (Å²) in [6, 6.07) is 31.8. The molecule has 0 bridgehead atoms. The molecule has 44 heavy (non-hydrogen) atoms. The summed E-state index contributed by atoms with van der Waals surface area (Å²) in [6.45, 7) is 5.85. The van der Waals surface area contributed by atoms with Crippen molar-refractivity contribution in [1.29, 1.82) is 0 Å². The van der Waals surface area contributed by atoms with E-state index in [4.69, 9.17) is 4.98 Å². The minimum Gasteiger partial charge on any atom is -0.478 e. The summed E-state index contributed by atoms with van der Waals surface area (Å²) in [6.07, 6.45) is 1.97. The predicted octanol–water partition coefficient (Wildman–Crippen LogP) is 7.34. The zero-order valence-electron chi connectivity index (χ0n) is 24.7. The van der Waals surface area contributed by atoms with Crippen LogP contribution in [0.4, 0.5) is 0 Å². The highest BCUT2D eigenvalue weighted by molar-refractivity contribution is 7.70. The first-order chi connectivity index (χ1) is 21.1. The third-order valence-corrected chi connectivity index (χ3v) is 9.42. The summed E-state index contributed by atoms with van der Waals surface area (Å²) in [4.78, 5) is 30.2. The Balaban J connectivity index is 1.42. The molecule has 0 radical (unpaired) electrons. The Labute approximate surface area is 255 Å². The second-order valence-corrected chi connectivity index (χ2v) is 14.6. The van der Waals surface area contributed by atoms with Gasteiger partial charge in [0.15, 0.2) is 0 Å². The van der Waals surface area contributed by atoms with Gasteiger partial charge in [0, 0.05) is 22.3 Å². The zero-order chi connectivity index (χ0) is 31.0. The van der Waals surface area contributed by atoms with E-state index in [1.807, 2.05) is 84.4 Å². The molecule has 0 spiro atoms. The molecule has 7 nitrogen and oxygen atoms in total. The quantitative estimate of drug-likeness (QED) is 0.178. The Bertz CT molecular complexity index is 2090. The number of aromatic carboxylic acids is 1. The first-order valence-corrected chi connectivity index (χ1v) is 16.9. The van der Waals surface area contributed by atoms with Gasteiger partial charge in [-0.15, -0.1) is 0 Å². The molecule has 0 unspecified atom stereocenters. The van der Waals surface area contributed by atoms with Crippen LogP contribution < -0.4 is 10.6 Å². The first-order valence-electron chi connectivity index (χ1n) is 14.3. The second-order valence-electron chi connectivity index (χ2n) is 11.4. The normalized spacial score (nSPS) is 12.3. The fourth-order valence-electron chi connectivity index (χ4n) is 5.48. The van der Waals surface area contributed by atoms with E-state index in [-0.39, 0.29) is 17.5 Å². The van der Waals surface area contributed by atoms with E-state index in [0.29, 0.717) is 12.1 Å². The van der Waals surface area contributed by atoms with Crippen LogP contribution in [0.25, 0.3) is 32.9 Å². The number of carboxylic acids is 1. The number of hydrogen-bond donors (Lipinski definition) is 2. The van der Waals surface area contributed by atoms with Crippen molar-refractivity contribution in [1.82, 2.24) is 14.9 Å². The smallest absolute Gasteiger partial charge is 0.335 e. The van der Waals surface area contributed by atoms with Crippen LogP contribution in [0.2, 0.25) is 0 Å². The highest BCUT2D eigenvalue weighted by Gasteiger charge is 2.20. The molecule has 0 fully saturated rings. The third-order valence-electron chi connectivity index (χ3n) is 7.90. The number of pyridine rings is 1. The molecule has 220 valence electrons. The Morgan fingerprint density at radius 1 is 0.864 bits per heavy atom. The number of rotatable bonds is 8. The minimum absolute atomic E-state index is 0.188.